The van der Waals surface area contributed by atoms with Gasteiger partial charge in [-0.3, -0.25) is 5.10 Å². The lowest BCUT2D eigenvalue weighted by Gasteiger charge is -2.22. The number of hydrogen-bond acceptors (Lipinski definition) is 5. The first-order valence-corrected chi connectivity index (χ1v) is 7.06. The normalized spacial score (nSPS) is 19.0. The molecule has 2 aromatic rings. The summed E-state index contributed by atoms with van der Waals surface area (Å²) < 4.78 is 0. The fourth-order valence-electron chi connectivity index (χ4n) is 2.58. The third-order valence-electron chi connectivity index (χ3n) is 3.53. The maximum atomic E-state index is 4.59. The Hall–Kier alpha value is -1.95. The number of aromatic amines is 1. The van der Waals surface area contributed by atoms with Gasteiger partial charge in [-0.25, -0.2) is 9.97 Å². The van der Waals surface area contributed by atoms with E-state index >= 15 is 0 Å². The molecular weight excluding hydrogens is 252 g/mol. The van der Waals surface area contributed by atoms with E-state index in [0.717, 1.165) is 41.9 Å². The quantitative estimate of drug-likeness (QED) is 0.797. The maximum absolute atomic E-state index is 4.59. The Balaban J connectivity index is 1.82. The molecule has 6 nitrogen and oxygen atoms in total. The minimum absolute atomic E-state index is 0.479. The number of hydrogen-bond donors (Lipinski definition) is 3. The number of anilines is 2. The lowest BCUT2D eigenvalue weighted by Crippen LogP contribution is -2.29. The predicted molar refractivity (Wildman–Crippen MR) is 78.2 cm³/mol. The average molecular weight is 272 g/mol. The van der Waals surface area contributed by atoms with Crippen LogP contribution in [0.4, 0.5) is 11.6 Å². The van der Waals surface area contributed by atoms with Crippen molar-refractivity contribution < 1.29 is 0 Å². The van der Waals surface area contributed by atoms with Crippen LogP contribution in [0.1, 0.15) is 36.0 Å². The summed E-state index contributed by atoms with van der Waals surface area (Å²) in [6.45, 7) is 6.01. The van der Waals surface area contributed by atoms with E-state index in [2.05, 4.69) is 30.8 Å². The van der Waals surface area contributed by atoms with E-state index in [4.69, 9.17) is 0 Å². The lowest BCUT2D eigenvalue weighted by molar-refractivity contribution is 0.453. The van der Waals surface area contributed by atoms with Crippen LogP contribution in [0.25, 0.3) is 0 Å². The van der Waals surface area contributed by atoms with Crippen LogP contribution in [0.3, 0.4) is 0 Å². The summed E-state index contributed by atoms with van der Waals surface area (Å²) in [6.07, 6.45) is 2.39. The van der Waals surface area contributed by atoms with Gasteiger partial charge in [0.15, 0.2) is 5.82 Å². The SMILES string of the molecule is Cc1nc(Nc2cc(C)[nH]n2)cc([C@H]2CCCNC2)n1. The van der Waals surface area contributed by atoms with Gasteiger partial charge >= 0.3 is 0 Å². The van der Waals surface area contributed by atoms with Gasteiger partial charge in [0, 0.05) is 30.3 Å². The van der Waals surface area contributed by atoms with Crippen LogP contribution in [-0.2, 0) is 0 Å². The Morgan fingerprint density at radius 1 is 1.20 bits per heavy atom. The molecule has 0 unspecified atom stereocenters. The highest BCUT2D eigenvalue weighted by Gasteiger charge is 2.17. The number of aromatic nitrogens is 4. The van der Waals surface area contributed by atoms with Crippen LogP contribution >= 0.6 is 0 Å². The highest BCUT2D eigenvalue weighted by Crippen LogP contribution is 2.24. The van der Waals surface area contributed by atoms with E-state index in [-0.39, 0.29) is 0 Å². The first-order valence-electron chi connectivity index (χ1n) is 7.06. The van der Waals surface area contributed by atoms with E-state index in [0.29, 0.717) is 5.92 Å². The van der Waals surface area contributed by atoms with Crippen LogP contribution in [0.5, 0.6) is 0 Å². The zero-order chi connectivity index (χ0) is 13.9. The molecule has 3 N–H and O–H groups in total. The van der Waals surface area contributed by atoms with E-state index in [1.165, 1.54) is 12.8 Å². The van der Waals surface area contributed by atoms with Crippen molar-refractivity contribution in [1.29, 1.82) is 0 Å². The Bertz CT molecular complexity index is 585. The standard InChI is InChI=1S/C14H20N6/c1-9-6-14(20-19-9)18-13-7-12(16-10(2)17-13)11-4-3-5-15-8-11/h6-7,11,15H,3-5,8H2,1-2H3,(H2,16,17,18,19,20)/t11-/m0/s1. The molecule has 1 aliphatic heterocycles. The number of nitrogens with zero attached hydrogens (tertiary/aromatic N) is 3. The topological polar surface area (TPSA) is 78.5 Å². The second-order valence-electron chi connectivity index (χ2n) is 5.33. The smallest absolute Gasteiger partial charge is 0.153 e. The summed E-state index contributed by atoms with van der Waals surface area (Å²) in [5.41, 5.74) is 2.13. The number of rotatable bonds is 3. The highest BCUT2D eigenvalue weighted by molar-refractivity contribution is 5.52. The van der Waals surface area contributed by atoms with Gasteiger partial charge in [0.05, 0.1) is 5.69 Å². The van der Waals surface area contributed by atoms with E-state index in [9.17, 15) is 0 Å². The molecule has 1 atom stereocenters. The largest absolute Gasteiger partial charge is 0.323 e. The summed E-state index contributed by atoms with van der Waals surface area (Å²) >= 11 is 0. The lowest BCUT2D eigenvalue weighted by atomic mass is 9.96. The van der Waals surface area contributed by atoms with Gasteiger partial charge in [0.25, 0.3) is 0 Å². The summed E-state index contributed by atoms with van der Waals surface area (Å²) in [6, 6.07) is 3.99. The molecule has 3 heterocycles. The molecule has 6 heteroatoms. The molecule has 0 aliphatic carbocycles. The molecule has 106 valence electrons. The summed E-state index contributed by atoms with van der Waals surface area (Å²) in [5.74, 6) is 2.87. The molecule has 3 rings (SSSR count). The van der Waals surface area contributed by atoms with Crippen molar-refractivity contribution in [2.24, 2.45) is 0 Å². The van der Waals surface area contributed by atoms with Crippen molar-refractivity contribution in [3.63, 3.8) is 0 Å². The zero-order valence-electron chi connectivity index (χ0n) is 11.9. The number of piperidine rings is 1. The van der Waals surface area contributed by atoms with Gasteiger partial charge in [-0.05, 0) is 33.2 Å². The fourth-order valence-corrected chi connectivity index (χ4v) is 2.58. The molecule has 2 aromatic heterocycles. The molecule has 1 aliphatic rings. The van der Waals surface area contributed by atoms with Crippen molar-refractivity contribution in [3.8, 4) is 0 Å². The van der Waals surface area contributed by atoms with E-state index in [1.807, 2.05) is 26.0 Å². The molecule has 0 amide bonds. The third-order valence-corrected chi connectivity index (χ3v) is 3.53. The second-order valence-corrected chi connectivity index (χ2v) is 5.33. The highest BCUT2D eigenvalue weighted by atomic mass is 15.2. The first kappa shape index (κ1) is 13.1. The van der Waals surface area contributed by atoms with Crippen LogP contribution in [-0.4, -0.2) is 33.3 Å². The van der Waals surface area contributed by atoms with E-state index in [1.54, 1.807) is 0 Å². The molecule has 1 fully saturated rings. The van der Waals surface area contributed by atoms with Gasteiger partial charge in [0.2, 0.25) is 0 Å². The Morgan fingerprint density at radius 2 is 2.10 bits per heavy atom. The zero-order valence-corrected chi connectivity index (χ0v) is 11.9. The molecular formula is C14H20N6. The van der Waals surface area contributed by atoms with Crippen molar-refractivity contribution >= 4 is 11.6 Å². The minimum atomic E-state index is 0.479. The van der Waals surface area contributed by atoms with Crippen LogP contribution < -0.4 is 10.6 Å². The first-order chi connectivity index (χ1) is 9.70. The molecule has 1 saturated heterocycles. The van der Waals surface area contributed by atoms with E-state index < -0.39 is 0 Å². The Kier molecular flexibility index (Phi) is 3.64. The molecule has 20 heavy (non-hydrogen) atoms. The number of H-pyrrole nitrogens is 1. The molecule has 0 radical (unpaired) electrons. The molecule has 0 spiro atoms. The van der Waals surface area contributed by atoms with Gasteiger partial charge in [0.1, 0.15) is 11.6 Å². The Labute approximate surface area is 118 Å². The van der Waals surface area contributed by atoms with Gasteiger partial charge < -0.3 is 10.6 Å². The van der Waals surface area contributed by atoms with Gasteiger partial charge in [-0.15, -0.1) is 0 Å². The number of nitrogens with one attached hydrogen (secondary N) is 3. The maximum Gasteiger partial charge on any atom is 0.153 e. The minimum Gasteiger partial charge on any atom is -0.323 e. The Morgan fingerprint density at radius 3 is 2.80 bits per heavy atom. The van der Waals surface area contributed by atoms with Gasteiger partial charge in [-0.2, -0.15) is 5.10 Å². The summed E-state index contributed by atoms with van der Waals surface area (Å²) in [4.78, 5) is 9.02. The number of aryl methyl sites for hydroxylation is 2. The van der Waals surface area contributed by atoms with Crippen LogP contribution in [0.15, 0.2) is 12.1 Å². The van der Waals surface area contributed by atoms with Crippen molar-refractivity contribution in [2.75, 3.05) is 18.4 Å². The summed E-state index contributed by atoms with van der Waals surface area (Å²) in [5, 5.41) is 13.7. The van der Waals surface area contributed by atoms with Crippen molar-refractivity contribution in [1.82, 2.24) is 25.5 Å². The third kappa shape index (κ3) is 2.96. The summed E-state index contributed by atoms with van der Waals surface area (Å²) in [7, 11) is 0. The van der Waals surface area contributed by atoms with Crippen molar-refractivity contribution in [3.05, 3.63) is 29.3 Å². The van der Waals surface area contributed by atoms with Gasteiger partial charge in [-0.1, -0.05) is 0 Å². The molecule has 0 aromatic carbocycles. The van der Waals surface area contributed by atoms with Crippen molar-refractivity contribution in [2.45, 2.75) is 32.6 Å². The predicted octanol–water partition coefficient (Wildman–Crippen LogP) is 2.03. The second kappa shape index (κ2) is 5.58. The fraction of sp³-hybridized carbons (Fsp3) is 0.500. The molecule has 0 bridgehead atoms. The average Bonchev–Trinajstić information content (AvgIpc) is 2.84. The molecule has 0 saturated carbocycles. The van der Waals surface area contributed by atoms with Crippen LogP contribution in [0.2, 0.25) is 0 Å². The monoisotopic (exact) mass is 272 g/mol. The van der Waals surface area contributed by atoms with Crippen LogP contribution in [0, 0.1) is 13.8 Å².